The third-order valence-corrected chi connectivity index (χ3v) is 1.91. The molecular formula is C10H10N4O2. The molecule has 0 unspecified atom stereocenters. The number of aromatic nitrogens is 4. The van der Waals surface area contributed by atoms with Crippen molar-refractivity contribution in [2.45, 2.75) is 6.92 Å². The smallest absolute Gasteiger partial charge is 0.358 e. The summed E-state index contributed by atoms with van der Waals surface area (Å²) in [5.41, 5.74) is 1.02. The summed E-state index contributed by atoms with van der Waals surface area (Å²) in [6, 6.07) is 3.34. The van der Waals surface area contributed by atoms with Crippen molar-refractivity contribution in [1.82, 2.24) is 20.0 Å². The summed E-state index contributed by atoms with van der Waals surface area (Å²) in [6.45, 7) is 2.09. The first-order valence-corrected chi connectivity index (χ1v) is 4.81. The third-order valence-electron chi connectivity index (χ3n) is 1.91. The number of rotatable bonds is 3. The highest BCUT2D eigenvalue weighted by Gasteiger charge is 2.10. The highest BCUT2D eigenvalue weighted by molar-refractivity contribution is 5.87. The molecule has 2 rings (SSSR count). The van der Waals surface area contributed by atoms with Gasteiger partial charge in [-0.15, -0.1) is 0 Å². The van der Waals surface area contributed by atoms with Crippen LogP contribution in [0.4, 0.5) is 0 Å². The first-order chi connectivity index (χ1) is 7.81. The Morgan fingerprint density at radius 1 is 1.44 bits per heavy atom. The fourth-order valence-electron chi connectivity index (χ4n) is 1.20. The molecule has 2 heterocycles. The molecular weight excluding hydrogens is 208 g/mol. The second-order valence-corrected chi connectivity index (χ2v) is 2.97. The topological polar surface area (TPSA) is 69.9 Å². The van der Waals surface area contributed by atoms with Gasteiger partial charge in [0.2, 0.25) is 0 Å². The quantitative estimate of drug-likeness (QED) is 0.714. The molecule has 0 aliphatic rings. The summed E-state index contributed by atoms with van der Waals surface area (Å²) in [4.78, 5) is 11.4. The van der Waals surface area contributed by atoms with Crippen LogP contribution in [0.3, 0.4) is 0 Å². The number of hydrogen-bond donors (Lipinski definition) is 0. The van der Waals surface area contributed by atoms with E-state index in [9.17, 15) is 4.79 Å². The van der Waals surface area contributed by atoms with Gasteiger partial charge in [-0.25, -0.2) is 9.48 Å². The fourth-order valence-corrected chi connectivity index (χ4v) is 1.20. The van der Waals surface area contributed by atoms with Gasteiger partial charge in [0.1, 0.15) is 0 Å². The molecule has 0 spiro atoms. The highest BCUT2D eigenvalue weighted by Crippen LogP contribution is 2.05. The lowest BCUT2D eigenvalue weighted by Crippen LogP contribution is -2.06. The van der Waals surface area contributed by atoms with E-state index in [2.05, 4.69) is 15.3 Å². The van der Waals surface area contributed by atoms with Crippen molar-refractivity contribution in [2.24, 2.45) is 0 Å². The largest absolute Gasteiger partial charge is 0.461 e. The molecule has 0 saturated carbocycles. The summed E-state index contributed by atoms with van der Waals surface area (Å²) >= 11 is 0. The van der Waals surface area contributed by atoms with Crippen LogP contribution < -0.4 is 0 Å². The van der Waals surface area contributed by atoms with Crippen LogP contribution in [0.5, 0.6) is 0 Å². The highest BCUT2D eigenvalue weighted by atomic mass is 16.5. The fraction of sp³-hybridized carbons (Fsp3) is 0.200. The van der Waals surface area contributed by atoms with Crippen molar-refractivity contribution < 1.29 is 9.53 Å². The third kappa shape index (κ3) is 2.05. The molecule has 0 atom stereocenters. The van der Waals surface area contributed by atoms with E-state index in [1.165, 1.54) is 0 Å². The molecule has 0 aliphatic heterocycles. The Bertz CT molecular complexity index is 481. The lowest BCUT2D eigenvalue weighted by molar-refractivity contribution is 0.0519. The molecule has 16 heavy (non-hydrogen) atoms. The molecule has 2 aromatic heterocycles. The number of carbonyl (C=O) groups is 1. The van der Waals surface area contributed by atoms with Crippen LogP contribution in [0.1, 0.15) is 17.4 Å². The molecule has 0 aliphatic carbocycles. The average Bonchev–Trinajstić information content (AvgIpc) is 2.80. The van der Waals surface area contributed by atoms with Crippen molar-refractivity contribution in [1.29, 1.82) is 0 Å². The van der Waals surface area contributed by atoms with Crippen LogP contribution in [0.25, 0.3) is 5.69 Å². The molecule has 6 nitrogen and oxygen atoms in total. The number of hydrogen-bond acceptors (Lipinski definition) is 5. The van der Waals surface area contributed by atoms with Gasteiger partial charge in [-0.05, 0) is 19.1 Å². The Kier molecular flexibility index (Phi) is 2.90. The maximum Gasteiger partial charge on any atom is 0.358 e. The van der Waals surface area contributed by atoms with E-state index in [4.69, 9.17) is 4.74 Å². The van der Waals surface area contributed by atoms with E-state index in [0.29, 0.717) is 6.61 Å². The van der Waals surface area contributed by atoms with Crippen molar-refractivity contribution >= 4 is 5.97 Å². The van der Waals surface area contributed by atoms with Gasteiger partial charge in [0.05, 0.1) is 24.7 Å². The molecule has 0 fully saturated rings. The summed E-state index contributed by atoms with van der Waals surface area (Å²) in [5, 5.41) is 11.5. The number of esters is 1. The Hall–Kier alpha value is -2.24. The minimum Gasteiger partial charge on any atom is -0.461 e. The van der Waals surface area contributed by atoms with Crippen molar-refractivity contribution in [3.8, 4) is 5.69 Å². The molecule has 0 amide bonds. The number of nitrogens with zero attached hydrogens (tertiary/aromatic N) is 4. The zero-order chi connectivity index (χ0) is 11.4. The normalized spacial score (nSPS) is 10.1. The Morgan fingerprint density at radius 3 is 3.00 bits per heavy atom. The van der Waals surface area contributed by atoms with Crippen LogP contribution in [0.15, 0.2) is 30.7 Å². The second kappa shape index (κ2) is 4.52. The van der Waals surface area contributed by atoms with Gasteiger partial charge in [0, 0.05) is 6.20 Å². The van der Waals surface area contributed by atoms with Gasteiger partial charge in [-0.1, -0.05) is 0 Å². The molecule has 82 valence electrons. The predicted octanol–water partition coefficient (Wildman–Crippen LogP) is 0.839. The summed E-state index contributed by atoms with van der Waals surface area (Å²) < 4.78 is 6.38. The van der Waals surface area contributed by atoms with Crippen LogP contribution >= 0.6 is 0 Å². The van der Waals surface area contributed by atoms with Crippen LogP contribution in [0, 0.1) is 0 Å². The van der Waals surface area contributed by atoms with E-state index in [1.807, 2.05) is 0 Å². The van der Waals surface area contributed by atoms with Gasteiger partial charge >= 0.3 is 5.97 Å². The molecule has 0 aromatic carbocycles. The Morgan fingerprint density at radius 2 is 2.31 bits per heavy atom. The summed E-state index contributed by atoms with van der Waals surface area (Å²) in [7, 11) is 0. The van der Waals surface area contributed by atoms with Gasteiger partial charge in [-0.3, -0.25) is 0 Å². The molecule has 0 saturated heterocycles. The monoisotopic (exact) mass is 218 g/mol. The van der Waals surface area contributed by atoms with Crippen molar-refractivity contribution in [3.63, 3.8) is 0 Å². The van der Waals surface area contributed by atoms with Crippen molar-refractivity contribution in [2.75, 3.05) is 6.61 Å². The molecule has 0 bridgehead atoms. The van der Waals surface area contributed by atoms with Crippen LogP contribution in [-0.2, 0) is 4.74 Å². The standard InChI is InChI=1S/C10H10N4O2/c1-2-16-10(15)9-4-6-14(13-9)8-3-5-11-12-7-8/h3-7H,2H2,1H3. The summed E-state index contributed by atoms with van der Waals surface area (Å²) in [5.74, 6) is -0.428. The molecule has 0 radical (unpaired) electrons. The zero-order valence-corrected chi connectivity index (χ0v) is 8.70. The van der Waals surface area contributed by atoms with Crippen LogP contribution in [0.2, 0.25) is 0 Å². The van der Waals surface area contributed by atoms with E-state index >= 15 is 0 Å². The maximum absolute atomic E-state index is 11.4. The second-order valence-electron chi connectivity index (χ2n) is 2.97. The zero-order valence-electron chi connectivity index (χ0n) is 8.70. The van der Waals surface area contributed by atoms with Gasteiger partial charge in [-0.2, -0.15) is 15.3 Å². The Balaban J connectivity index is 2.23. The first kappa shape index (κ1) is 10.3. The molecule has 6 heteroatoms. The van der Waals surface area contributed by atoms with Gasteiger partial charge in [0.15, 0.2) is 5.69 Å². The predicted molar refractivity (Wildman–Crippen MR) is 55.1 cm³/mol. The number of carbonyl (C=O) groups excluding carboxylic acids is 1. The molecule has 0 N–H and O–H groups in total. The summed E-state index contributed by atoms with van der Waals surface area (Å²) in [6.07, 6.45) is 4.78. The maximum atomic E-state index is 11.4. The lowest BCUT2D eigenvalue weighted by atomic mass is 10.4. The average molecular weight is 218 g/mol. The van der Waals surface area contributed by atoms with E-state index in [1.54, 1.807) is 42.3 Å². The molecule has 2 aromatic rings. The van der Waals surface area contributed by atoms with E-state index in [-0.39, 0.29) is 5.69 Å². The van der Waals surface area contributed by atoms with Crippen LogP contribution in [-0.4, -0.2) is 32.6 Å². The minimum atomic E-state index is -0.428. The van der Waals surface area contributed by atoms with Gasteiger partial charge in [0.25, 0.3) is 0 Å². The number of ether oxygens (including phenoxy) is 1. The Labute approximate surface area is 91.9 Å². The van der Waals surface area contributed by atoms with E-state index < -0.39 is 5.97 Å². The minimum absolute atomic E-state index is 0.277. The van der Waals surface area contributed by atoms with E-state index in [0.717, 1.165) is 5.69 Å². The van der Waals surface area contributed by atoms with Gasteiger partial charge < -0.3 is 4.74 Å². The van der Waals surface area contributed by atoms with Crippen molar-refractivity contribution in [3.05, 3.63) is 36.4 Å². The lowest BCUT2D eigenvalue weighted by Gasteiger charge is -1.99. The SMILES string of the molecule is CCOC(=O)c1ccn(-c2ccnnc2)n1. The first-order valence-electron chi connectivity index (χ1n) is 4.81.